The Morgan fingerprint density at radius 2 is 1.44 bits per heavy atom. The lowest BCUT2D eigenvalue weighted by atomic mass is 10.1. The van der Waals surface area contributed by atoms with Crippen LogP contribution in [0.15, 0.2) is 43.0 Å². The lowest BCUT2D eigenvalue weighted by molar-refractivity contribution is -0.596. The van der Waals surface area contributed by atoms with Crippen LogP contribution in [0.4, 0.5) is 13.2 Å². The molecule has 13 heteroatoms. The van der Waals surface area contributed by atoms with Gasteiger partial charge in [0.05, 0.1) is 10.0 Å². The van der Waals surface area contributed by atoms with Gasteiger partial charge in [-0.15, -0.1) is 4.68 Å². The Kier molecular flexibility index (Phi) is 12.7. The van der Waals surface area contributed by atoms with E-state index < -0.39 is 25.6 Å². The molecule has 1 aromatic carbocycles. The minimum absolute atomic E-state index is 0.246. The van der Waals surface area contributed by atoms with Gasteiger partial charge in [0, 0.05) is 11.4 Å². The summed E-state index contributed by atoms with van der Waals surface area (Å²) in [5.74, 6) is 0. The zero-order valence-corrected chi connectivity index (χ0v) is 21.1. The van der Waals surface area contributed by atoms with Crippen LogP contribution < -0.4 is 4.57 Å². The number of halogens is 3. The molecule has 194 valence electrons. The highest BCUT2D eigenvalue weighted by molar-refractivity contribution is 8.12. The summed E-state index contributed by atoms with van der Waals surface area (Å²) in [5, 5.41) is 4.44. The van der Waals surface area contributed by atoms with Crippen LogP contribution >= 0.6 is 0 Å². The molecule has 1 heterocycles. The molecular weight excluding hydrogens is 493 g/mol. The monoisotopic (exact) mass is 526 g/mol. The largest absolute Gasteiger partial charge is 0.480 e. The number of para-hydroxylation sites is 1. The Bertz CT molecular complexity index is 1040. The summed E-state index contributed by atoms with van der Waals surface area (Å²) >= 11 is 0. The van der Waals surface area contributed by atoms with Gasteiger partial charge in [0.25, 0.3) is 6.33 Å². The third kappa shape index (κ3) is 12.5. The fourth-order valence-corrected chi connectivity index (χ4v) is 4.74. The minimum Gasteiger partial charge on any atom is -0.429 e. The second kappa shape index (κ2) is 14.4. The van der Waals surface area contributed by atoms with Gasteiger partial charge in [0.2, 0.25) is 6.33 Å². The molecule has 0 spiro atoms. The van der Waals surface area contributed by atoms with E-state index in [0.717, 1.165) is 6.54 Å². The molecule has 0 unspecified atom stereocenters. The van der Waals surface area contributed by atoms with E-state index in [9.17, 15) is 30.0 Å². The van der Waals surface area contributed by atoms with Gasteiger partial charge in [-0.3, -0.25) is 0 Å². The summed E-state index contributed by atoms with van der Waals surface area (Å²) in [6.45, 7) is 3.30. The number of aryl methyl sites for hydroxylation is 1. The first kappa shape index (κ1) is 30.0. The number of aromatic nitrogens is 3. The molecule has 0 amide bonds. The average molecular weight is 527 g/mol. The molecule has 0 saturated carbocycles. The second-order valence-corrected chi connectivity index (χ2v) is 11.3. The first-order valence-corrected chi connectivity index (χ1v) is 14.4. The van der Waals surface area contributed by atoms with Gasteiger partial charge in [-0.25, -0.2) is 21.4 Å². The zero-order valence-electron chi connectivity index (χ0n) is 19.5. The number of hydrogen-bond acceptors (Lipinski definition) is 5. The highest BCUT2D eigenvalue weighted by atomic mass is 32.3. The maximum absolute atomic E-state index is 11.4. The molecule has 0 radical (unpaired) electrons. The van der Waals surface area contributed by atoms with Gasteiger partial charge in [-0.2, -0.15) is 13.2 Å². The van der Waals surface area contributed by atoms with Gasteiger partial charge in [-0.1, -0.05) is 76.5 Å². The van der Waals surface area contributed by atoms with E-state index in [4.69, 9.17) is 0 Å². The number of alkyl halides is 3. The molecule has 0 saturated heterocycles. The molecule has 34 heavy (non-hydrogen) atoms. The van der Waals surface area contributed by atoms with Crippen LogP contribution in [0, 0.1) is 0 Å². The summed E-state index contributed by atoms with van der Waals surface area (Å²) in [4.78, 5) is 0. The van der Waals surface area contributed by atoms with E-state index in [-0.39, 0.29) is 6.26 Å². The molecule has 8 nitrogen and oxygen atoms in total. The predicted molar refractivity (Wildman–Crippen MR) is 124 cm³/mol. The van der Waals surface area contributed by atoms with Gasteiger partial charge in [-0.05, 0) is 18.6 Å². The molecule has 2 aromatic rings. The maximum Gasteiger partial charge on any atom is 0.480 e. The van der Waals surface area contributed by atoms with Gasteiger partial charge in [0.1, 0.15) is 12.2 Å². The number of unbranched alkanes of at least 4 members (excludes halogenated alkanes) is 8. The lowest BCUT2D eigenvalue weighted by Crippen LogP contribution is -2.27. The van der Waals surface area contributed by atoms with Crippen molar-refractivity contribution >= 4 is 20.0 Å². The fraction of sp³-hybridized carbons (Fsp3) is 0.619. The second-order valence-electron chi connectivity index (χ2n) is 7.81. The fourth-order valence-electron chi connectivity index (χ4n) is 2.98. The Hall–Kier alpha value is -1.99. The SMILES string of the molecule is CCCCCCCCCCCn1c[n+](-c2ccccc2)cn1.CS(=O)(=O)[N-]S(=O)(=O)C(F)(F)F. The number of sulfonamides is 2. The van der Waals surface area contributed by atoms with E-state index >= 15 is 0 Å². The van der Waals surface area contributed by atoms with Crippen LogP contribution in [0.5, 0.6) is 0 Å². The molecule has 0 fully saturated rings. The standard InChI is InChI=1S/C19H30N3.C2H3F3NO4S2/c1-2-3-4-5-6-7-8-9-13-16-22-18-21(17-20-22)19-14-11-10-12-15-19;1-11(7,8)6-12(9,10)2(3,4)5/h10-12,14-15,17-18H,2-9,13,16H2,1H3;1H3/q+1;-1. The Labute approximate surface area is 200 Å². The van der Waals surface area contributed by atoms with Crippen LogP contribution in [-0.4, -0.2) is 38.4 Å². The lowest BCUT2D eigenvalue weighted by Gasteiger charge is -2.19. The van der Waals surface area contributed by atoms with E-state index in [1.807, 2.05) is 17.1 Å². The highest BCUT2D eigenvalue weighted by Gasteiger charge is 2.39. The van der Waals surface area contributed by atoms with Crippen molar-refractivity contribution in [3.63, 3.8) is 0 Å². The van der Waals surface area contributed by atoms with Crippen LogP contribution in [0.25, 0.3) is 9.81 Å². The quantitative estimate of drug-likeness (QED) is 0.274. The third-order valence-electron chi connectivity index (χ3n) is 4.65. The van der Waals surface area contributed by atoms with E-state index in [2.05, 4.69) is 47.2 Å². The first-order valence-electron chi connectivity index (χ1n) is 11.1. The van der Waals surface area contributed by atoms with E-state index in [0.29, 0.717) is 0 Å². The number of benzene rings is 1. The van der Waals surface area contributed by atoms with Gasteiger partial charge in [0.15, 0.2) is 10.0 Å². The smallest absolute Gasteiger partial charge is 0.429 e. The maximum atomic E-state index is 11.4. The summed E-state index contributed by atoms with van der Waals surface area (Å²) in [5.41, 5.74) is -4.50. The van der Waals surface area contributed by atoms with Crippen molar-refractivity contribution in [1.29, 1.82) is 0 Å². The van der Waals surface area contributed by atoms with Crippen molar-refractivity contribution in [2.24, 2.45) is 0 Å². The van der Waals surface area contributed by atoms with Crippen molar-refractivity contribution in [3.8, 4) is 5.69 Å². The summed E-state index contributed by atoms with van der Waals surface area (Å²) < 4.78 is 80.1. The summed E-state index contributed by atoms with van der Waals surface area (Å²) in [7, 11) is -10.5. The Morgan fingerprint density at radius 3 is 1.91 bits per heavy atom. The molecule has 2 rings (SSSR count). The summed E-state index contributed by atoms with van der Waals surface area (Å²) in [6, 6.07) is 10.4. The van der Waals surface area contributed by atoms with Gasteiger partial charge < -0.3 is 4.13 Å². The van der Waals surface area contributed by atoms with Crippen molar-refractivity contribution in [1.82, 2.24) is 9.78 Å². The molecule has 0 atom stereocenters. The molecule has 1 aromatic heterocycles. The predicted octanol–water partition coefficient (Wildman–Crippen LogP) is 4.86. The molecule has 0 bridgehead atoms. The molecule has 0 aliphatic heterocycles. The normalized spacial score (nSPS) is 12.3. The minimum atomic E-state index is -5.92. The van der Waals surface area contributed by atoms with Crippen LogP contribution in [0.1, 0.15) is 64.7 Å². The average Bonchev–Trinajstić information content (AvgIpc) is 3.20. The Morgan fingerprint density at radius 1 is 0.912 bits per heavy atom. The first-order chi connectivity index (χ1) is 15.9. The van der Waals surface area contributed by atoms with Crippen molar-refractivity contribution in [2.45, 2.75) is 76.8 Å². The zero-order chi connectivity index (χ0) is 25.7. The Balaban J connectivity index is 0.000000411. The van der Waals surface area contributed by atoms with Crippen molar-refractivity contribution < 1.29 is 34.6 Å². The van der Waals surface area contributed by atoms with E-state index in [1.165, 1.54) is 63.5 Å². The summed E-state index contributed by atoms with van der Waals surface area (Å²) in [6.07, 6.45) is 16.5. The van der Waals surface area contributed by atoms with Crippen molar-refractivity contribution in [3.05, 3.63) is 47.1 Å². The molecule has 0 aliphatic rings. The topological polar surface area (TPSA) is 104 Å². The highest BCUT2D eigenvalue weighted by Crippen LogP contribution is 2.29. The van der Waals surface area contributed by atoms with Crippen LogP contribution in [0.3, 0.4) is 0 Å². The number of rotatable bonds is 13. The van der Waals surface area contributed by atoms with Crippen molar-refractivity contribution in [2.75, 3.05) is 6.26 Å². The number of nitrogens with zero attached hydrogens (tertiary/aromatic N) is 4. The number of hydrogen-bond donors (Lipinski definition) is 0. The van der Waals surface area contributed by atoms with Crippen LogP contribution in [-0.2, 0) is 26.6 Å². The van der Waals surface area contributed by atoms with E-state index in [1.54, 1.807) is 4.13 Å². The third-order valence-corrected chi connectivity index (χ3v) is 7.11. The van der Waals surface area contributed by atoms with Crippen LogP contribution in [0.2, 0.25) is 0 Å². The molecule has 0 N–H and O–H groups in total. The molecular formula is C21H33F3N4O4S2. The molecule has 0 aliphatic carbocycles. The van der Waals surface area contributed by atoms with Gasteiger partial charge >= 0.3 is 5.51 Å².